The van der Waals surface area contributed by atoms with Crippen LogP contribution in [0.15, 0.2) is 41.2 Å². The molecule has 1 heterocycles. The second kappa shape index (κ2) is 9.43. The molecule has 140 valence electrons. The molecule has 0 saturated heterocycles. The molecule has 0 radical (unpaired) electrons. The molecule has 1 atom stereocenters. The average molecular weight is 366 g/mol. The summed E-state index contributed by atoms with van der Waals surface area (Å²) in [7, 11) is 0. The van der Waals surface area contributed by atoms with Crippen molar-refractivity contribution in [1.29, 1.82) is 5.26 Å². The van der Waals surface area contributed by atoms with Gasteiger partial charge in [-0.25, -0.2) is 4.68 Å². The van der Waals surface area contributed by atoms with Crippen LogP contribution in [0, 0.1) is 17.2 Å². The van der Waals surface area contributed by atoms with Gasteiger partial charge in [0.25, 0.3) is 5.56 Å². The van der Waals surface area contributed by atoms with Crippen molar-refractivity contribution >= 4 is 17.4 Å². The second-order valence-corrected chi connectivity index (χ2v) is 6.10. The molecule has 2 rings (SSSR count). The van der Waals surface area contributed by atoms with Crippen molar-refractivity contribution in [2.75, 3.05) is 5.32 Å². The highest BCUT2D eigenvalue weighted by molar-refractivity contribution is 6.14. The molecule has 0 saturated carbocycles. The minimum atomic E-state index is -1.54. The monoisotopic (exact) mass is 366 g/mol. The van der Waals surface area contributed by atoms with Crippen LogP contribution in [0.3, 0.4) is 0 Å². The van der Waals surface area contributed by atoms with Crippen molar-refractivity contribution in [3.63, 3.8) is 0 Å². The third kappa shape index (κ3) is 5.11. The molecule has 1 amide bonds. The third-order valence-corrected chi connectivity index (χ3v) is 4.13. The van der Waals surface area contributed by atoms with Gasteiger partial charge < -0.3 is 5.32 Å². The molecule has 1 unspecified atom stereocenters. The number of carbonyl (C=O) groups is 2. The van der Waals surface area contributed by atoms with Gasteiger partial charge in [-0.15, -0.1) is 0 Å². The first-order valence-corrected chi connectivity index (χ1v) is 8.92. The summed E-state index contributed by atoms with van der Waals surface area (Å²) >= 11 is 0. The number of benzene rings is 1. The van der Waals surface area contributed by atoms with E-state index in [9.17, 15) is 19.6 Å². The first kappa shape index (κ1) is 20.0. The lowest BCUT2D eigenvalue weighted by Gasteiger charge is -2.11. The fourth-order valence-electron chi connectivity index (χ4n) is 2.47. The summed E-state index contributed by atoms with van der Waals surface area (Å²) < 4.78 is 1.19. The van der Waals surface area contributed by atoms with E-state index >= 15 is 0 Å². The summed E-state index contributed by atoms with van der Waals surface area (Å²) in [5, 5.41) is 15.9. The Morgan fingerprint density at radius 3 is 2.48 bits per heavy atom. The molecule has 1 aromatic carbocycles. The van der Waals surface area contributed by atoms with Gasteiger partial charge in [-0.3, -0.25) is 14.4 Å². The number of aromatic nitrogens is 2. The van der Waals surface area contributed by atoms with Crippen LogP contribution in [0.1, 0.15) is 42.7 Å². The number of amides is 1. The number of Topliss-reactive ketones (excluding diaryl/α,β-unsaturated/α-hetero) is 1. The molecular weight excluding hydrogens is 344 g/mol. The molecule has 2 aromatic rings. The molecule has 7 nitrogen and oxygen atoms in total. The molecule has 0 spiro atoms. The van der Waals surface area contributed by atoms with Crippen molar-refractivity contribution in [2.24, 2.45) is 5.92 Å². The summed E-state index contributed by atoms with van der Waals surface area (Å²) in [5.41, 5.74) is 1.22. The van der Waals surface area contributed by atoms with Gasteiger partial charge in [0, 0.05) is 18.3 Å². The summed E-state index contributed by atoms with van der Waals surface area (Å²) in [6.45, 7) is 4.37. The Morgan fingerprint density at radius 2 is 1.89 bits per heavy atom. The Bertz CT molecular complexity index is 910. The molecular formula is C20H22N4O3. The normalized spacial score (nSPS) is 11.4. The van der Waals surface area contributed by atoms with E-state index in [1.54, 1.807) is 18.2 Å². The molecule has 0 bridgehead atoms. The first-order valence-electron chi connectivity index (χ1n) is 8.92. The Labute approximate surface area is 157 Å². The lowest BCUT2D eigenvalue weighted by Crippen LogP contribution is -2.31. The maximum Gasteiger partial charge on any atom is 0.266 e. The molecule has 0 fully saturated rings. The Kier molecular flexibility index (Phi) is 7.00. The number of nitrogens with one attached hydrogen (secondary N) is 1. The largest absolute Gasteiger partial charge is 0.325 e. The van der Waals surface area contributed by atoms with Crippen LogP contribution in [-0.4, -0.2) is 21.5 Å². The van der Waals surface area contributed by atoms with Gasteiger partial charge in [-0.05, 0) is 36.6 Å². The van der Waals surface area contributed by atoms with Crippen molar-refractivity contribution < 1.29 is 9.59 Å². The predicted octanol–water partition coefficient (Wildman–Crippen LogP) is 2.57. The average Bonchev–Trinajstić information content (AvgIpc) is 2.68. The standard InChI is InChI=1S/C20H22N4O3/c1-3-5-12-24-18(25)11-10-17(23-24)19(26)16(13-21)20(27)22-15-8-6-14(4-2)7-9-15/h6-11,16H,3-5,12H2,1-2H3,(H,22,27). The summed E-state index contributed by atoms with van der Waals surface area (Å²) in [4.78, 5) is 36.8. The van der Waals surface area contributed by atoms with Crippen LogP contribution < -0.4 is 10.9 Å². The Hall–Kier alpha value is -3.27. The van der Waals surface area contributed by atoms with E-state index in [2.05, 4.69) is 10.4 Å². The molecule has 27 heavy (non-hydrogen) atoms. The molecule has 1 aromatic heterocycles. The molecule has 0 aliphatic carbocycles. The summed E-state index contributed by atoms with van der Waals surface area (Å²) in [5.74, 6) is -2.99. The van der Waals surface area contributed by atoms with Gasteiger partial charge in [0.2, 0.25) is 11.7 Å². The van der Waals surface area contributed by atoms with Gasteiger partial charge >= 0.3 is 0 Å². The number of ketones is 1. The number of rotatable bonds is 8. The minimum absolute atomic E-state index is 0.0752. The lowest BCUT2D eigenvalue weighted by molar-refractivity contribution is -0.117. The number of anilines is 1. The Balaban J connectivity index is 2.18. The molecule has 0 aliphatic rings. The molecule has 1 N–H and O–H groups in total. The first-order chi connectivity index (χ1) is 13.0. The van der Waals surface area contributed by atoms with E-state index < -0.39 is 17.6 Å². The van der Waals surface area contributed by atoms with E-state index in [0.29, 0.717) is 12.2 Å². The van der Waals surface area contributed by atoms with Gasteiger partial charge in [0.05, 0.1) is 6.07 Å². The van der Waals surface area contributed by atoms with Crippen molar-refractivity contribution in [3.8, 4) is 6.07 Å². The number of nitriles is 1. The molecule has 0 aliphatic heterocycles. The van der Waals surface area contributed by atoms with Crippen molar-refractivity contribution in [1.82, 2.24) is 9.78 Å². The van der Waals surface area contributed by atoms with E-state index in [1.807, 2.05) is 26.0 Å². The van der Waals surface area contributed by atoms with E-state index in [1.165, 1.54) is 16.8 Å². The summed E-state index contributed by atoms with van der Waals surface area (Å²) in [6.07, 6.45) is 2.47. The number of unbranched alkanes of at least 4 members (excludes halogenated alkanes) is 1. The number of nitrogens with zero attached hydrogens (tertiary/aromatic N) is 3. The lowest BCUT2D eigenvalue weighted by atomic mass is 10.0. The number of aryl methyl sites for hydroxylation is 2. The maximum atomic E-state index is 12.6. The number of hydrogen-bond acceptors (Lipinski definition) is 5. The highest BCUT2D eigenvalue weighted by atomic mass is 16.2. The van der Waals surface area contributed by atoms with E-state index in [4.69, 9.17) is 0 Å². The second-order valence-electron chi connectivity index (χ2n) is 6.10. The van der Waals surface area contributed by atoms with Gasteiger partial charge in [0.15, 0.2) is 5.92 Å². The van der Waals surface area contributed by atoms with Gasteiger partial charge in [-0.2, -0.15) is 10.4 Å². The van der Waals surface area contributed by atoms with E-state index in [0.717, 1.165) is 24.8 Å². The smallest absolute Gasteiger partial charge is 0.266 e. The Morgan fingerprint density at radius 1 is 1.19 bits per heavy atom. The van der Waals surface area contributed by atoms with E-state index in [-0.39, 0.29) is 11.3 Å². The van der Waals surface area contributed by atoms with Crippen LogP contribution in [-0.2, 0) is 17.8 Å². The highest BCUT2D eigenvalue weighted by Gasteiger charge is 2.29. The van der Waals surface area contributed by atoms with Crippen LogP contribution >= 0.6 is 0 Å². The van der Waals surface area contributed by atoms with Crippen LogP contribution in [0.25, 0.3) is 0 Å². The SMILES string of the molecule is CCCCn1nc(C(=O)C(C#N)C(=O)Nc2ccc(CC)cc2)ccc1=O. The summed E-state index contributed by atoms with van der Waals surface area (Å²) in [6, 6.07) is 11.4. The van der Waals surface area contributed by atoms with Crippen LogP contribution in [0.5, 0.6) is 0 Å². The van der Waals surface area contributed by atoms with Gasteiger partial charge in [-0.1, -0.05) is 32.4 Å². The van der Waals surface area contributed by atoms with Gasteiger partial charge in [0.1, 0.15) is 5.69 Å². The zero-order valence-electron chi connectivity index (χ0n) is 15.4. The zero-order valence-corrected chi connectivity index (χ0v) is 15.4. The number of hydrogen-bond donors (Lipinski definition) is 1. The zero-order chi connectivity index (χ0) is 19.8. The van der Waals surface area contributed by atoms with Crippen LogP contribution in [0.2, 0.25) is 0 Å². The molecule has 7 heteroatoms. The van der Waals surface area contributed by atoms with Crippen molar-refractivity contribution in [2.45, 2.75) is 39.7 Å². The highest BCUT2D eigenvalue weighted by Crippen LogP contribution is 2.13. The minimum Gasteiger partial charge on any atom is -0.325 e. The van der Waals surface area contributed by atoms with Crippen LogP contribution in [0.4, 0.5) is 5.69 Å². The fraction of sp³-hybridized carbons (Fsp3) is 0.350. The fourth-order valence-corrected chi connectivity index (χ4v) is 2.47. The quantitative estimate of drug-likeness (QED) is 0.571. The third-order valence-electron chi connectivity index (χ3n) is 4.13. The predicted molar refractivity (Wildman–Crippen MR) is 101 cm³/mol. The van der Waals surface area contributed by atoms with Crippen molar-refractivity contribution in [3.05, 3.63) is 58.0 Å². The maximum absolute atomic E-state index is 12.6. The number of carbonyl (C=O) groups excluding carboxylic acids is 2. The topological polar surface area (TPSA) is 105 Å².